The number of ketones is 1. The first-order valence-corrected chi connectivity index (χ1v) is 6.18. The van der Waals surface area contributed by atoms with E-state index in [1.54, 1.807) is 7.11 Å². The van der Waals surface area contributed by atoms with Gasteiger partial charge in [0.2, 0.25) is 0 Å². The van der Waals surface area contributed by atoms with Crippen molar-refractivity contribution >= 4 is 5.78 Å². The lowest BCUT2D eigenvalue weighted by Crippen LogP contribution is -2.40. The van der Waals surface area contributed by atoms with E-state index in [2.05, 4.69) is 5.32 Å². The van der Waals surface area contributed by atoms with Gasteiger partial charge < -0.3 is 10.1 Å². The average Bonchev–Trinajstić information content (AvgIpc) is 2.63. The fourth-order valence-electron chi connectivity index (χ4n) is 3.09. The summed E-state index contributed by atoms with van der Waals surface area (Å²) in [6.07, 6.45) is 2.83. The molecule has 1 heterocycles. The van der Waals surface area contributed by atoms with Gasteiger partial charge in [0.1, 0.15) is 5.75 Å². The zero-order valence-corrected chi connectivity index (χ0v) is 10.1. The number of hydrogen-bond acceptors (Lipinski definition) is 3. The fourth-order valence-corrected chi connectivity index (χ4v) is 3.09. The quantitative estimate of drug-likeness (QED) is 0.801. The van der Waals surface area contributed by atoms with Crippen LogP contribution in [0.2, 0.25) is 0 Å². The molecule has 1 spiro atoms. The van der Waals surface area contributed by atoms with Crippen molar-refractivity contribution in [3.63, 3.8) is 0 Å². The van der Waals surface area contributed by atoms with Crippen molar-refractivity contribution in [1.82, 2.24) is 5.32 Å². The van der Waals surface area contributed by atoms with Crippen LogP contribution in [0.25, 0.3) is 0 Å². The highest BCUT2D eigenvalue weighted by molar-refractivity contribution is 6.05. The van der Waals surface area contributed by atoms with Crippen molar-refractivity contribution < 1.29 is 9.53 Å². The smallest absolute Gasteiger partial charge is 0.169 e. The zero-order valence-electron chi connectivity index (χ0n) is 10.1. The molecule has 90 valence electrons. The molecule has 0 amide bonds. The Morgan fingerprint density at radius 1 is 1.29 bits per heavy atom. The third-order valence-electron chi connectivity index (χ3n) is 4.13. The van der Waals surface area contributed by atoms with E-state index in [0.717, 1.165) is 43.7 Å². The van der Waals surface area contributed by atoms with Crippen molar-refractivity contribution in [2.45, 2.75) is 19.3 Å². The minimum Gasteiger partial charge on any atom is -0.497 e. The molecule has 0 radical (unpaired) electrons. The van der Waals surface area contributed by atoms with E-state index in [4.69, 9.17) is 4.74 Å². The van der Waals surface area contributed by atoms with Crippen LogP contribution in [0.5, 0.6) is 5.75 Å². The van der Waals surface area contributed by atoms with Crippen molar-refractivity contribution in [3.8, 4) is 5.75 Å². The summed E-state index contributed by atoms with van der Waals surface area (Å²) in [7, 11) is 1.64. The van der Waals surface area contributed by atoms with E-state index in [9.17, 15) is 4.79 Å². The predicted molar refractivity (Wildman–Crippen MR) is 65.6 cm³/mol. The molecular formula is C14H17NO2. The van der Waals surface area contributed by atoms with Crippen LogP contribution >= 0.6 is 0 Å². The number of rotatable bonds is 1. The number of methoxy groups -OCH3 is 1. The topological polar surface area (TPSA) is 38.3 Å². The van der Waals surface area contributed by atoms with Crippen molar-refractivity contribution in [1.29, 1.82) is 0 Å². The van der Waals surface area contributed by atoms with Crippen LogP contribution in [0.4, 0.5) is 0 Å². The number of carbonyl (C=O) groups excluding carboxylic acids is 1. The summed E-state index contributed by atoms with van der Waals surface area (Å²) in [4.78, 5) is 12.6. The highest BCUT2D eigenvalue weighted by Gasteiger charge is 2.45. The van der Waals surface area contributed by atoms with Gasteiger partial charge in [-0.1, -0.05) is 6.07 Å². The molecule has 3 nitrogen and oxygen atoms in total. The molecule has 1 aliphatic carbocycles. The Hall–Kier alpha value is -1.35. The number of ether oxygens (including phenoxy) is 1. The molecule has 1 aliphatic heterocycles. The van der Waals surface area contributed by atoms with Crippen LogP contribution in [0, 0.1) is 5.41 Å². The zero-order chi connectivity index (χ0) is 11.9. The molecule has 0 atom stereocenters. The third-order valence-corrected chi connectivity index (χ3v) is 4.13. The summed E-state index contributed by atoms with van der Waals surface area (Å²) in [6.45, 7) is 1.91. The van der Waals surface area contributed by atoms with Gasteiger partial charge in [-0.2, -0.15) is 0 Å². The summed E-state index contributed by atoms with van der Waals surface area (Å²) in [6, 6.07) is 5.89. The Kier molecular flexibility index (Phi) is 2.44. The highest BCUT2D eigenvalue weighted by atomic mass is 16.5. The summed E-state index contributed by atoms with van der Waals surface area (Å²) in [5, 5.41) is 3.33. The van der Waals surface area contributed by atoms with Gasteiger partial charge in [0, 0.05) is 11.0 Å². The number of nitrogens with one attached hydrogen (secondary N) is 1. The summed E-state index contributed by atoms with van der Waals surface area (Å²) >= 11 is 0. The van der Waals surface area contributed by atoms with E-state index in [-0.39, 0.29) is 5.41 Å². The average molecular weight is 231 g/mol. The van der Waals surface area contributed by atoms with E-state index in [0.29, 0.717) is 5.78 Å². The first-order chi connectivity index (χ1) is 8.25. The molecule has 1 aromatic carbocycles. The Labute approximate surface area is 101 Å². The van der Waals surface area contributed by atoms with Gasteiger partial charge in [0.05, 0.1) is 7.11 Å². The van der Waals surface area contributed by atoms with Crippen LogP contribution in [-0.2, 0) is 6.42 Å². The first kappa shape index (κ1) is 10.8. The molecule has 3 rings (SSSR count). The molecule has 1 fully saturated rings. The molecule has 0 saturated carbocycles. The Bertz CT molecular complexity index is 461. The molecule has 0 bridgehead atoms. The van der Waals surface area contributed by atoms with Gasteiger partial charge in [-0.15, -0.1) is 0 Å². The highest BCUT2D eigenvalue weighted by Crippen LogP contribution is 2.44. The lowest BCUT2D eigenvalue weighted by atomic mass is 9.75. The first-order valence-electron chi connectivity index (χ1n) is 6.18. The minimum atomic E-state index is -0.125. The largest absolute Gasteiger partial charge is 0.497 e. The molecule has 3 heteroatoms. The molecule has 1 aromatic rings. The van der Waals surface area contributed by atoms with Gasteiger partial charge in [0.15, 0.2) is 5.78 Å². The third kappa shape index (κ3) is 1.57. The van der Waals surface area contributed by atoms with Crippen LogP contribution in [0.15, 0.2) is 18.2 Å². The second kappa shape index (κ2) is 3.84. The van der Waals surface area contributed by atoms with Gasteiger partial charge in [-0.25, -0.2) is 0 Å². The van der Waals surface area contributed by atoms with Gasteiger partial charge >= 0.3 is 0 Å². The molecular weight excluding hydrogens is 214 g/mol. The van der Waals surface area contributed by atoms with E-state index in [1.807, 2.05) is 18.2 Å². The number of fused-ring (bicyclic) bond motifs is 1. The van der Waals surface area contributed by atoms with Gasteiger partial charge in [-0.05, 0) is 50.0 Å². The monoisotopic (exact) mass is 231 g/mol. The number of carbonyl (C=O) groups is 1. The van der Waals surface area contributed by atoms with Crippen molar-refractivity contribution in [2.75, 3.05) is 20.2 Å². The Morgan fingerprint density at radius 2 is 2.06 bits per heavy atom. The summed E-state index contributed by atoms with van der Waals surface area (Å²) in [5.74, 6) is 1.11. The number of benzene rings is 1. The van der Waals surface area contributed by atoms with Crippen molar-refractivity contribution in [3.05, 3.63) is 29.3 Å². The molecule has 1 saturated heterocycles. The maximum absolute atomic E-state index is 12.6. The Morgan fingerprint density at radius 3 is 2.76 bits per heavy atom. The number of piperidine rings is 1. The van der Waals surface area contributed by atoms with E-state index in [1.165, 1.54) is 5.56 Å². The van der Waals surface area contributed by atoms with Crippen molar-refractivity contribution in [2.24, 2.45) is 5.41 Å². The standard InChI is InChI=1S/C14H17NO2/c1-17-11-3-2-10-9-14(4-6-15-7-5-14)13(16)12(10)8-11/h2-3,8,15H,4-7,9H2,1H3. The molecule has 0 aromatic heterocycles. The summed E-state index contributed by atoms with van der Waals surface area (Å²) < 4.78 is 5.20. The maximum Gasteiger partial charge on any atom is 0.169 e. The predicted octanol–water partition coefficient (Wildman–Crippen LogP) is 1.80. The minimum absolute atomic E-state index is 0.125. The van der Waals surface area contributed by atoms with E-state index >= 15 is 0 Å². The second-order valence-corrected chi connectivity index (χ2v) is 5.06. The van der Waals surface area contributed by atoms with Crippen LogP contribution in [-0.4, -0.2) is 26.0 Å². The molecule has 17 heavy (non-hydrogen) atoms. The SMILES string of the molecule is COc1ccc2c(c1)C(=O)C1(CCNCC1)C2. The fraction of sp³-hybridized carbons (Fsp3) is 0.500. The van der Waals surface area contributed by atoms with E-state index < -0.39 is 0 Å². The van der Waals surface area contributed by atoms with Crippen LogP contribution < -0.4 is 10.1 Å². The molecule has 1 N–H and O–H groups in total. The molecule has 0 unspecified atom stereocenters. The normalized spacial score (nSPS) is 21.6. The Balaban J connectivity index is 1.99. The van der Waals surface area contributed by atoms with Gasteiger partial charge in [-0.3, -0.25) is 4.79 Å². The lowest BCUT2D eigenvalue weighted by Gasteiger charge is -2.31. The number of hydrogen-bond donors (Lipinski definition) is 1. The number of Topliss-reactive ketones (excluding diaryl/α,β-unsaturated/α-hetero) is 1. The molecule has 2 aliphatic rings. The maximum atomic E-state index is 12.6. The van der Waals surface area contributed by atoms with Crippen LogP contribution in [0.1, 0.15) is 28.8 Å². The van der Waals surface area contributed by atoms with Crippen LogP contribution in [0.3, 0.4) is 0 Å². The lowest BCUT2D eigenvalue weighted by molar-refractivity contribution is 0.0761. The second-order valence-electron chi connectivity index (χ2n) is 5.06. The summed E-state index contributed by atoms with van der Waals surface area (Å²) in [5.41, 5.74) is 1.95. The van der Waals surface area contributed by atoms with Gasteiger partial charge in [0.25, 0.3) is 0 Å².